The minimum atomic E-state index is -2.24. The molecular formula is C17H10F5NOS. The van der Waals surface area contributed by atoms with Gasteiger partial charge in [-0.3, -0.25) is 0 Å². The van der Waals surface area contributed by atoms with Gasteiger partial charge in [0, 0.05) is 5.75 Å². The molecule has 2 aromatic carbocycles. The Morgan fingerprint density at radius 2 is 1.52 bits per heavy atom. The zero-order chi connectivity index (χ0) is 18.6. The Hall–Kier alpha value is -2.53. The van der Waals surface area contributed by atoms with E-state index in [-0.39, 0.29) is 10.7 Å². The van der Waals surface area contributed by atoms with Crippen molar-refractivity contribution in [2.75, 3.05) is 7.11 Å². The zero-order valence-electron chi connectivity index (χ0n) is 12.7. The van der Waals surface area contributed by atoms with E-state index in [1.165, 1.54) is 7.11 Å². The molecule has 0 bridgehead atoms. The largest absolute Gasteiger partial charge is 0.497 e. The number of halogens is 5. The van der Waals surface area contributed by atoms with Crippen LogP contribution in [0.3, 0.4) is 0 Å². The first kappa shape index (κ1) is 18.8. The van der Waals surface area contributed by atoms with E-state index in [0.717, 1.165) is 17.3 Å². The van der Waals surface area contributed by atoms with Gasteiger partial charge in [0.1, 0.15) is 11.8 Å². The molecule has 0 atom stereocenters. The molecule has 0 aliphatic rings. The molecule has 25 heavy (non-hydrogen) atoms. The Morgan fingerprint density at radius 3 is 2.00 bits per heavy atom. The van der Waals surface area contributed by atoms with Crippen LogP contribution in [0.15, 0.2) is 29.2 Å². The molecule has 0 heterocycles. The normalized spacial score (nSPS) is 11.3. The van der Waals surface area contributed by atoms with Crippen LogP contribution in [0, 0.1) is 40.4 Å². The van der Waals surface area contributed by atoms with Gasteiger partial charge in [-0.2, -0.15) is 5.26 Å². The molecule has 2 rings (SSSR count). The molecule has 130 valence electrons. The second-order valence-electron chi connectivity index (χ2n) is 4.74. The lowest BCUT2D eigenvalue weighted by atomic mass is 10.1. The second-order valence-corrected chi connectivity index (χ2v) is 5.76. The highest BCUT2D eigenvalue weighted by molar-refractivity contribution is 8.02. The molecule has 0 aliphatic carbocycles. The number of nitrogens with zero attached hydrogens (tertiary/aromatic N) is 1. The molecular weight excluding hydrogens is 361 g/mol. The van der Waals surface area contributed by atoms with Gasteiger partial charge in [-0.15, -0.1) is 11.8 Å². The first-order valence-electron chi connectivity index (χ1n) is 6.78. The topological polar surface area (TPSA) is 33.0 Å². The van der Waals surface area contributed by atoms with Gasteiger partial charge in [0.25, 0.3) is 0 Å². The molecule has 0 fully saturated rings. The van der Waals surface area contributed by atoms with Crippen molar-refractivity contribution in [3.63, 3.8) is 0 Å². The Kier molecular flexibility index (Phi) is 6.04. The Bertz CT molecular complexity index is 830. The molecule has 0 aromatic heterocycles. The van der Waals surface area contributed by atoms with E-state index in [4.69, 9.17) is 10.00 Å². The van der Waals surface area contributed by atoms with E-state index in [9.17, 15) is 22.0 Å². The Morgan fingerprint density at radius 1 is 1.00 bits per heavy atom. The summed E-state index contributed by atoms with van der Waals surface area (Å²) < 4.78 is 71.7. The van der Waals surface area contributed by atoms with E-state index in [0.29, 0.717) is 11.8 Å². The van der Waals surface area contributed by atoms with Crippen LogP contribution < -0.4 is 4.74 Å². The second kappa shape index (κ2) is 8.03. The fourth-order valence-corrected chi connectivity index (χ4v) is 2.65. The lowest BCUT2D eigenvalue weighted by Crippen LogP contribution is -2.04. The van der Waals surface area contributed by atoms with E-state index in [1.807, 2.05) is 0 Å². The molecule has 0 unspecified atom stereocenters. The van der Waals surface area contributed by atoms with Crippen molar-refractivity contribution >= 4 is 17.8 Å². The van der Waals surface area contributed by atoms with Gasteiger partial charge in [0.2, 0.25) is 5.82 Å². The molecule has 0 saturated carbocycles. The maximum atomic E-state index is 13.6. The Balaban J connectivity index is 2.27. The third-order valence-corrected chi connectivity index (χ3v) is 4.18. The average Bonchev–Trinajstić information content (AvgIpc) is 2.64. The number of methoxy groups -OCH3 is 1. The van der Waals surface area contributed by atoms with Gasteiger partial charge in [0.05, 0.1) is 17.6 Å². The van der Waals surface area contributed by atoms with Gasteiger partial charge in [0.15, 0.2) is 23.3 Å². The van der Waals surface area contributed by atoms with Crippen LogP contribution in [-0.2, 0) is 5.75 Å². The summed E-state index contributed by atoms with van der Waals surface area (Å²) >= 11 is 0.903. The molecule has 0 amide bonds. The quantitative estimate of drug-likeness (QED) is 0.314. The minimum absolute atomic E-state index is 0.195. The fraction of sp³-hybridized carbons (Fsp3) is 0.118. The lowest BCUT2D eigenvalue weighted by molar-refractivity contribution is 0.377. The van der Waals surface area contributed by atoms with Crippen LogP contribution in [-0.4, -0.2) is 7.11 Å². The number of benzene rings is 2. The summed E-state index contributed by atoms with van der Waals surface area (Å²) in [5.74, 6) is -9.41. The number of nitriles is 1. The summed E-state index contributed by atoms with van der Waals surface area (Å²) in [5.41, 5.74) is -0.362. The molecule has 0 saturated heterocycles. The number of allylic oxidation sites excluding steroid dienone is 1. The average molecular weight is 371 g/mol. The summed E-state index contributed by atoms with van der Waals surface area (Å²) in [6.07, 6.45) is 0.643. The molecule has 2 nitrogen and oxygen atoms in total. The van der Waals surface area contributed by atoms with E-state index in [1.54, 1.807) is 30.3 Å². The molecule has 0 N–H and O–H groups in total. The predicted molar refractivity (Wildman–Crippen MR) is 84.1 cm³/mol. The van der Waals surface area contributed by atoms with Gasteiger partial charge < -0.3 is 4.74 Å². The number of ether oxygens (including phenoxy) is 1. The van der Waals surface area contributed by atoms with Gasteiger partial charge >= 0.3 is 0 Å². The summed E-state index contributed by atoms with van der Waals surface area (Å²) in [6, 6.07) is 8.50. The van der Waals surface area contributed by atoms with Crippen LogP contribution in [0.1, 0.15) is 11.1 Å². The maximum absolute atomic E-state index is 13.6. The first-order valence-corrected chi connectivity index (χ1v) is 7.76. The highest BCUT2D eigenvalue weighted by Crippen LogP contribution is 2.29. The van der Waals surface area contributed by atoms with Crippen LogP contribution in [0.25, 0.3) is 6.08 Å². The van der Waals surface area contributed by atoms with Crippen LogP contribution >= 0.6 is 11.8 Å². The Labute approximate surface area is 144 Å². The lowest BCUT2D eigenvalue weighted by Gasteiger charge is -2.06. The summed E-state index contributed by atoms with van der Waals surface area (Å²) in [4.78, 5) is -0.195. The monoisotopic (exact) mass is 371 g/mol. The third kappa shape index (κ3) is 4.12. The first-order chi connectivity index (χ1) is 11.9. The third-order valence-electron chi connectivity index (χ3n) is 3.18. The summed E-state index contributed by atoms with van der Waals surface area (Å²) in [6.45, 7) is 0. The van der Waals surface area contributed by atoms with E-state index in [2.05, 4.69) is 0 Å². The SMILES string of the molecule is COc1ccc(CSC(C#N)=Cc2c(F)c(F)c(F)c(F)c2F)cc1. The van der Waals surface area contributed by atoms with Gasteiger partial charge in [-0.25, -0.2) is 22.0 Å². The summed E-state index contributed by atoms with van der Waals surface area (Å²) in [5, 5.41) is 9.06. The fourth-order valence-electron chi connectivity index (χ4n) is 1.87. The maximum Gasteiger partial charge on any atom is 0.200 e. The van der Waals surface area contributed by atoms with Crippen LogP contribution in [0.5, 0.6) is 5.75 Å². The molecule has 8 heteroatoms. The highest BCUT2D eigenvalue weighted by atomic mass is 32.2. The highest BCUT2D eigenvalue weighted by Gasteiger charge is 2.24. The van der Waals surface area contributed by atoms with Crippen molar-refractivity contribution in [2.45, 2.75) is 5.75 Å². The molecule has 0 spiro atoms. The van der Waals surface area contributed by atoms with Crippen molar-refractivity contribution in [2.24, 2.45) is 0 Å². The molecule has 0 aliphatic heterocycles. The van der Waals surface area contributed by atoms with Crippen LogP contribution in [0.2, 0.25) is 0 Å². The van der Waals surface area contributed by atoms with E-state index >= 15 is 0 Å². The van der Waals surface area contributed by atoms with Crippen molar-refractivity contribution in [3.8, 4) is 11.8 Å². The minimum Gasteiger partial charge on any atom is -0.497 e. The number of thioether (sulfide) groups is 1. The molecule has 0 radical (unpaired) electrons. The smallest absolute Gasteiger partial charge is 0.200 e. The molecule has 2 aromatic rings. The number of hydrogen-bond donors (Lipinski definition) is 0. The van der Waals surface area contributed by atoms with Crippen molar-refractivity contribution < 1.29 is 26.7 Å². The number of rotatable bonds is 5. The zero-order valence-corrected chi connectivity index (χ0v) is 13.6. The van der Waals surface area contributed by atoms with Crippen molar-refractivity contribution in [3.05, 3.63) is 69.4 Å². The standard InChI is InChI=1S/C17H10F5NOS/c1-24-10-4-2-9(3-5-10)8-25-11(7-23)6-12-13(18)15(20)17(22)16(21)14(12)19/h2-6H,8H2,1H3. The van der Waals surface area contributed by atoms with E-state index < -0.39 is 34.6 Å². The number of hydrogen-bond acceptors (Lipinski definition) is 3. The van der Waals surface area contributed by atoms with Gasteiger partial charge in [-0.05, 0) is 23.8 Å². The van der Waals surface area contributed by atoms with Crippen LogP contribution in [0.4, 0.5) is 22.0 Å². The predicted octanol–water partition coefficient (Wildman–Crippen LogP) is 5.19. The van der Waals surface area contributed by atoms with Gasteiger partial charge in [-0.1, -0.05) is 12.1 Å². The van der Waals surface area contributed by atoms with Crippen molar-refractivity contribution in [1.29, 1.82) is 5.26 Å². The summed E-state index contributed by atoms with van der Waals surface area (Å²) in [7, 11) is 1.50. The van der Waals surface area contributed by atoms with Crippen molar-refractivity contribution in [1.82, 2.24) is 0 Å².